The summed E-state index contributed by atoms with van der Waals surface area (Å²) in [7, 11) is -3.95. The summed E-state index contributed by atoms with van der Waals surface area (Å²) in [5.41, 5.74) is -0.0142. The molecule has 1 aliphatic heterocycles. The van der Waals surface area contributed by atoms with Gasteiger partial charge in [-0.05, 0) is 24.3 Å². The maximum Gasteiger partial charge on any atom is 0.263 e. The van der Waals surface area contributed by atoms with Crippen LogP contribution in [0.3, 0.4) is 0 Å². The second-order valence-electron chi connectivity index (χ2n) is 6.27. The summed E-state index contributed by atoms with van der Waals surface area (Å²) in [6.07, 6.45) is 1.20. The van der Waals surface area contributed by atoms with Gasteiger partial charge in [0.2, 0.25) is 0 Å². The van der Waals surface area contributed by atoms with Crippen molar-refractivity contribution in [1.82, 2.24) is 4.98 Å². The molecule has 1 aromatic heterocycles. The Kier molecular flexibility index (Phi) is 4.61. The fourth-order valence-corrected chi connectivity index (χ4v) is 3.27. The van der Waals surface area contributed by atoms with Gasteiger partial charge in [0.15, 0.2) is 11.6 Å². The fraction of sp³-hybridized carbons (Fsp3) is 0.312. The van der Waals surface area contributed by atoms with Crippen molar-refractivity contribution < 1.29 is 21.9 Å². The van der Waals surface area contributed by atoms with Gasteiger partial charge in [0, 0.05) is 24.2 Å². The Bertz CT molecular complexity index is 869. The van der Waals surface area contributed by atoms with E-state index >= 15 is 0 Å². The molecule has 0 radical (unpaired) electrons. The number of ether oxygens (including phenoxy) is 1. The molecule has 0 saturated carbocycles. The minimum atomic E-state index is -3.95. The first-order chi connectivity index (χ1) is 11.8. The quantitative estimate of drug-likeness (QED) is 0.818. The lowest BCUT2D eigenvalue weighted by Crippen LogP contribution is -2.45. The monoisotopic (exact) mass is 369 g/mol. The van der Waals surface area contributed by atoms with Crippen molar-refractivity contribution in [1.29, 1.82) is 0 Å². The largest absolute Gasteiger partial charge is 0.380 e. The molecule has 6 nitrogen and oxygen atoms in total. The summed E-state index contributed by atoms with van der Waals surface area (Å²) >= 11 is 0. The van der Waals surface area contributed by atoms with Crippen LogP contribution in [-0.4, -0.2) is 33.2 Å². The summed E-state index contributed by atoms with van der Waals surface area (Å²) < 4.78 is 58.0. The van der Waals surface area contributed by atoms with E-state index in [1.54, 1.807) is 6.07 Å². The average Bonchev–Trinajstić information content (AvgIpc) is 2.55. The standard InChI is InChI=1S/C16H17F2N3O3S/c1-16(9-24-10-16)8-20-15-5-3-12(7-19-15)25(22,23)21-11-2-4-13(17)14(18)6-11/h2-7,21H,8-10H2,1H3,(H,19,20). The SMILES string of the molecule is CC1(CNc2ccc(S(=O)(=O)Nc3ccc(F)c(F)c3)cn2)COC1. The van der Waals surface area contributed by atoms with Crippen LogP contribution in [0.2, 0.25) is 0 Å². The number of rotatable bonds is 6. The molecule has 0 bridgehead atoms. The number of hydrogen-bond acceptors (Lipinski definition) is 5. The van der Waals surface area contributed by atoms with Gasteiger partial charge in [-0.3, -0.25) is 4.72 Å². The predicted octanol–water partition coefficient (Wildman–Crippen LogP) is 2.61. The maximum absolute atomic E-state index is 13.2. The number of anilines is 2. The lowest BCUT2D eigenvalue weighted by Gasteiger charge is -2.38. The highest BCUT2D eigenvalue weighted by molar-refractivity contribution is 7.92. The van der Waals surface area contributed by atoms with Gasteiger partial charge in [0.1, 0.15) is 10.7 Å². The third-order valence-corrected chi connectivity index (χ3v) is 5.18. The van der Waals surface area contributed by atoms with Crippen LogP contribution >= 0.6 is 0 Å². The van der Waals surface area contributed by atoms with Gasteiger partial charge in [0.05, 0.1) is 18.9 Å². The van der Waals surface area contributed by atoms with Crippen molar-refractivity contribution in [3.05, 3.63) is 48.2 Å². The third-order valence-electron chi connectivity index (χ3n) is 3.82. The van der Waals surface area contributed by atoms with E-state index in [9.17, 15) is 17.2 Å². The van der Waals surface area contributed by atoms with E-state index in [1.165, 1.54) is 12.3 Å². The normalized spacial score (nSPS) is 16.1. The van der Waals surface area contributed by atoms with E-state index in [4.69, 9.17) is 4.74 Å². The Morgan fingerprint density at radius 1 is 1.20 bits per heavy atom. The molecule has 1 saturated heterocycles. The van der Waals surface area contributed by atoms with Crippen LogP contribution in [-0.2, 0) is 14.8 Å². The molecule has 9 heteroatoms. The first-order valence-electron chi connectivity index (χ1n) is 7.53. The summed E-state index contributed by atoms with van der Waals surface area (Å²) in [6, 6.07) is 5.70. The van der Waals surface area contributed by atoms with E-state index < -0.39 is 21.7 Å². The molecule has 0 amide bonds. The number of sulfonamides is 1. The molecular formula is C16H17F2N3O3S. The third kappa shape index (κ3) is 4.05. The predicted molar refractivity (Wildman–Crippen MR) is 88.8 cm³/mol. The summed E-state index contributed by atoms with van der Waals surface area (Å²) in [6.45, 7) is 4.09. The van der Waals surface area contributed by atoms with Crippen molar-refractivity contribution in [2.75, 3.05) is 29.8 Å². The van der Waals surface area contributed by atoms with E-state index in [0.29, 0.717) is 25.6 Å². The fourth-order valence-electron chi connectivity index (χ4n) is 2.27. The molecule has 3 rings (SSSR count). The van der Waals surface area contributed by atoms with Crippen LogP contribution < -0.4 is 10.0 Å². The lowest BCUT2D eigenvalue weighted by molar-refractivity contribution is -0.0924. The first-order valence-corrected chi connectivity index (χ1v) is 9.01. The second kappa shape index (κ2) is 6.57. The van der Waals surface area contributed by atoms with Gasteiger partial charge in [-0.2, -0.15) is 0 Å². The number of aromatic nitrogens is 1. The number of nitrogens with one attached hydrogen (secondary N) is 2. The van der Waals surface area contributed by atoms with Gasteiger partial charge in [-0.25, -0.2) is 22.2 Å². The summed E-state index contributed by atoms with van der Waals surface area (Å²) in [4.78, 5) is 3.99. The number of pyridine rings is 1. The van der Waals surface area contributed by atoms with Crippen LogP contribution in [0.1, 0.15) is 6.92 Å². The Labute approximate surface area is 144 Å². The highest BCUT2D eigenvalue weighted by atomic mass is 32.2. The average molecular weight is 369 g/mol. The zero-order chi connectivity index (χ0) is 18.1. The van der Waals surface area contributed by atoms with Gasteiger partial charge in [0.25, 0.3) is 10.0 Å². The van der Waals surface area contributed by atoms with Crippen molar-refractivity contribution in [2.45, 2.75) is 11.8 Å². The molecule has 2 aromatic rings. The van der Waals surface area contributed by atoms with Crippen LogP contribution in [0.4, 0.5) is 20.3 Å². The maximum atomic E-state index is 13.2. The Balaban J connectivity index is 1.68. The Hall–Kier alpha value is -2.26. The first kappa shape index (κ1) is 17.6. The van der Waals surface area contributed by atoms with E-state index in [-0.39, 0.29) is 16.0 Å². The molecule has 0 spiro atoms. The van der Waals surface area contributed by atoms with Gasteiger partial charge in [-0.1, -0.05) is 6.92 Å². The Morgan fingerprint density at radius 3 is 2.52 bits per heavy atom. The van der Waals surface area contributed by atoms with Gasteiger partial charge < -0.3 is 10.1 Å². The van der Waals surface area contributed by atoms with E-state index in [0.717, 1.165) is 18.2 Å². The molecule has 0 atom stereocenters. The lowest BCUT2D eigenvalue weighted by atomic mass is 9.89. The van der Waals surface area contributed by atoms with Gasteiger partial charge in [-0.15, -0.1) is 0 Å². The minimum absolute atomic E-state index is 0.0562. The molecule has 2 heterocycles. The highest BCUT2D eigenvalue weighted by Crippen LogP contribution is 2.26. The molecular weight excluding hydrogens is 352 g/mol. The molecule has 0 aliphatic carbocycles. The molecule has 1 aromatic carbocycles. The molecule has 2 N–H and O–H groups in total. The van der Waals surface area contributed by atoms with Crippen LogP contribution in [0.5, 0.6) is 0 Å². The van der Waals surface area contributed by atoms with Crippen LogP contribution in [0.25, 0.3) is 0 Å². The Morgan fingerprint density at radius 2 is 1.96 bits per heavy atom. The molecule has 134 valence electrons. The molecule has 25 heavy (non-hydrogen) atoms. The van der Waals surface area contributed by atoms with Crippen LogP contribution in [0.15, 0.2) is 41.4 Å². The van der Waals surface area contributed by atoms with Crippen molar-refractivity contribution in [3.8, 4) is 0 Å². The smallest absolute Gasteiger partial charge is 0.263 e. The van der Waals surface area contributed by atoms with Gasteiger partial charge >= 0.3 is 0 Å². The van der Waals surface area contributed by atoms with E-state index in [2.05, 4.69) is 21.9 Å². The minimum Gasteiger partial charge on any atom is -0.380 e. The molecule has 1 aliphatic rings. The molecule has 0 unspecified atom stereocenters. The summed E-state index contributed by atoms with van der Waals surface area (Å²) in [5, 5.41) is 3.13. The number of nitrogens with zero attached hydrogens (tertiary/aromatic N) is 1. The second-order valence-corrected chi connectivity index (χ2v) is 7.95. The zero-order valence-electron chi connectivity index (χ0n) is 13.4. The van der Waals surface area contributed by atoms with Crippen molar-refractivity contribution >= 4 is 21.5 Å². The van der Waals surface area contributed by atoms with Crippen LogP contribution in [0, 0.1) is 17.0 Å². The topological polar surface area (TPSA) is 80.3 Å². The van der Waals surface area contributed by atoms with Crippen molar-refractivity contribution in [2.24, 2.45) is 5.41 Å². The van der Waals surface area contributed by atoms with Crippen molar-refractivity contribution in [3.63, 3.8) is 0 Å². The number of hydrogen-bond donors (Lipinski definition) is 2. The zero-order valence-corrected chi connectivity index (χ0v) is 14.2. The number of halogens is 2. The highest BCUT2D eigenvalue weighted by Gasteiger charge is 2.33. The number of benzene rings is 1. The molecule has 1 fully saturated rings. The summed E-state index contributed by atoms with van der Waals surface area (Å²) in [5.74, 6) is -1.64. The van der Waals surface area contributed by atoms with E-state index in [1.807, 2.05) is 0 Å².